The van der Waals surface area contributed by atoms with Crippen molar-refractivity contribution in [1.29, 1.82) is 0 Å². The number of nitrogens with one attached hydrogen (secondary N) is 2. The lowest BCUT2D eigenvalue weighted by atomic mass is 10.0. The maximum absolute atomic E-state index is 12.6. The molecular weight excluding hydrogens is 276 g/mol. The SMILES string of the molecule is Cc1cccc(NC(=O)c2c[nH]c3c2-c2nccn2CC3)c1. The van der Waals surface area contributed by atoms with E-state index in [-0.39, 0.29) is 5.91 Å². The number of carbonyl (C=O) groups is 1. The van der Waals surface area contributed by atoms with Crippen LogP contribution in [-0.2, 0) is 13.0 Å². The quantitative estimate of drug-likeness (QED) is 0.762. The van der Waals surface area contributed by atoms with Gasteiger partial charge in [-0.25, -0.2) is 4.98 Å². The number of imidazole rings is 1. The molecule has 0 fully saturated rings. The van der Waals surface area contributed by atoms with Gasteiger partial charge in [0.15, 0.2) is 0 Å². The highest BCUT2D eigenvalue weighted by molar-refractivity contribution is 6.08. The van der Waals surface area contributed by atoms with Crippen molar-refractivity contribution < 1.29 is 4.79 Å². The third-order valence-corrected chi connectivity index (χ3v) is 4.02. The van der Waals surface area contributed by atoms with E-state index in [9.17, 15) is 4.79 Å². The van der Waals surface area contributed by atoms with E-state index in [1.54, 1.807) is 12.4 Å². The van der Waals surface area contributed by atoms with E-state index in [1.807, 2.05) is 37.4 Å². The number of hydrogen-bond donors (Lipinski definition) is 2. The Kier molecular flexibility index (Phi) is 2.85. The number of benzene rings is 1. The second-order valence-corrected chi connectivity index (χ2v) is 5.57. The first kappa shape index (κ1) is 12.9. The van der Waals surface area contributed by atoms with Crippen molar-refractivity contribution >= 4 is 11.6 Å². The fraction of sp³-hybridized carbons (Fsp3) is 0.176. The number of aromatic nitrogens is 3. The minimum absolute atomic E-state index is 0.112. The van der Waals surface area contributed by atoms with E-state index in [2.05, 4.69) is 19.9 Å². The van der Waals surface area contributed by atoms with Gasteiger partial charge in [-0.15, -0.1) is 0 Å². The second kappa shape index (κ2) is 4.87. The topological polar surface area (TPSA) is 62.7 Å². The summed E-state index contributed by atoms with van der Waals surface area (Å²) in [5, 5.41) is 2.96. The van der Waals surface area contributed by atoms with Gasteiger partial charge in [0.1, 0.15) is 5.82 Å². The molecule has 2 N–H and O–H groups in total. The van der Waals surface area contributed by atoms with Crippen LogP contribution < -0.4 is 5.32 Å². The molecule has 1 amide bonds. The lowest BCUT2D eigenvalue weighted by molar-refractivity contribution is 0.102. The standard InChI is InChI=1S/C17H16N4O/c1-11-3-2-4-12(9-11)20-17(22)13-10-19-14-5-7-21-8-6-18-16(21)15(13)14/h2-4,6,8-10,19H,5,7H2,1H3,(H,20,22). The lowest BCUT2D eigenvalue weighted by Crippen LogP contribution is -2.15. The highest BCUT2D eigenvalue weighted by Gasteiger charge is 2.25. The van der Waals surface area contributed by atoms with Crippen molar-refractivity contribution in [3.05, 3.63) is 59.7 Å². The number of hydrogen-bond acceptors (Lipinski definition) is 2. The Morgan fingerprint density at radius 1 is 1.41 bits per heavy atom. The fourth-order valence-electron chi connectivity index (χ4n) is 2.97. The van der Waals surface area contributed by atoms with E-state index < -0.39 is 0 Å². The first-order valence-corrected chi connectivity index (χ1v) is 7.32. The Morgan fingerprint density at radius 3 is 3.18 bits per heavy atom. The molecule has 2 aromatic heterocycles. The molecule has 0 aliphatic carbocycles. The van der Waals surface area contributed by atoms with Gasteiger partial charge in [-0.05, 0) is 24.6 Å². The van der Waals surface area contributed by atoms with Gasteiger partial charge in [0, 0.05) is 42.9 Å². The molecule has 1 aliphatic heterocycles. The molecule has 0 saturated carbocycles. The predicted octanol–water partition coefficient (Wildman–Crippen LogP) is 3.00. The van der Waals surface area contributed by atoms with Crippen LogP contribution in [0.4, 0.5) is 5.69 Å². The van der Waals surface area contributed by atoms with E-state index >= 15 is 0 Å². The number of carbonyl (C=O) groups excluding carboxylic acids is 1. The van der Waals surface area contributed by atoms with Crippen LogP contribution in [0.1, 0.15) is 21.6 Å². The predicted molar refractivity (Wildman–Crippen MR) is 84.8 cm³/mol. The average molecular weight is 292 g/mol. The molecule has 5 nitrogen and oxygen atoms in total. The van der Waals surface area contributed by atoms with Crippen molar-refractivity contribution in [1.82, 2.24) is 14.5 Å². The first-order chi connectivity index (χ1) is 10.7. The Balaban J connectivity index is 1.70. The summed E-state index contributed by atoms with van der Waals surface area (Å²) >= 11 is 0. The molecule has 1 aromatic carbocycles. The molecule has 0 saturated heterocycles. The Hall–Kier alpha value is -2.82. The Labute approximate surface area is 128 Å². The van der Waals surface area contributed by atoms with Crippen LogP contribution in [0.25, 0.3) is 11.4 Å². The van der Waals surface area contributed by atoms with Crippen molar-refractivity contribution in [3.8, 4) is 11.4 Å². The van der Waals surface area contributed by atoms with Crippen molar-refractivity contribution in [3.63, 3.8) is 0 Å². The van der Waals surface area contributed by atoms with E-state index in [1.165, 1.54) is 0 Å². The van der Waals surface area contributed by atoms with Crippen LogP contribution in [0.3, 0.4) is 0 Å². The van der Waals surface area contributed by atoms with E-state index in [4.69, 9.17) is 0 Å². The van der Waals surface area contributed by atoms with Crippen molar-refractivity contribution in [2.45, 2.75) is 19.9 Å². The molecule has 0 unspecified atom stereocenters. The van der Waals surface area contributed by atoms with Gasteiger partial charge in [0.25, 0.3) is 5.91 Å². The van der Waals surface area contributed by atoms with E-state index in [0.717, 1.165) is 41.3 Å². The van der Waals surface area contributed by atoms with Gasteiger partial charge < -0.3 is 14.9 Å². The van der Waals surface area contributed by atoms with Gasteiger partial charge in [0.2, 0.25) is 0 Å². The zero-order valence-corrected chi connectivity index (χ0v) is 12.3. The molecule has 0 spiro atoms. The van der Waals surface area contributed by atoms with Crippen molar-refractivity contribution in [2.24, 2.45) is 0 Å². The molecule has 22 heavy (non-hydrogen) atoms. The number of aryl methyl sites for hydroxylation is 3. The van der Waals surface area contributed by atoms with Gasteiger partial charge >= 0.3 is 0 Å². The fourth-order valence-corrected chi connectivity index (χ4v) is 2.97. The normalized spacial score (nSPS) is 12.6. The van der Waals surface area contributed by atoms with Crippen molar-refractivity contribution in [2.75, 3.05) is 5.32 Å². The molecule has 0 bridgehead atoms. The Bertz CT molecular complexity index is 859. The van der Waals surface area contributed by atoms with Gasteiger partial charge in [-0.3, -0.25) is 4.79 Å². The Morgan fingerprint density at radius 2 is 2.32 bits per heavy atom. The van der Waals surface area contributed by atoms with Crippen LogP contribution in [0.15, 0.2) is 42.9 Å². The minimum Gasteiger partial charge on any atom is -0.364 e. The molecule has 0 atom stereocenters. The summed E-state index contributed by atoms with van der Waals surface area (Å²) in [5.74, 6) is 0.747. The summed E-state index contributed by atoms with van der Waals surface area (Å²) in [6.45, 7) is 2.90. The highest BCUT2D eigenvalue weighted by atomic mass is 16.1. The van der Waals surface area contributed by atoms with Gasteiger partial charge in [-0.2, -0.15) is 0 Å². The van der Waals surface area contributed by atoms with Crippen LogP contribution >= 0.6 is 0 Å². The lowest BCUT2D eigenvalue weighted by Gasteiger charge is -2.15. The maximum Gasteiger partial charge on any atom is 0.257 e. The minimum atomic E-state index is -0.112. The highest BCUT2D eigenvalue weighted by Crippen LogP contribution is 2.31. The average Bonchev–Trinajstić information content (AvgIpc) is 3.13. The first-order valence-electron chi connectivity index (χ1n) is 7.32. The number of H-pyrrole nitrogens is 1. The van der Waals surface area contributed by atoms with Crippen LogP contribution in [0.5, 0.6) is 0 Å². The number of amides is 1. The smallest absolute Gasteiger partial charge is 0.257 e. The molecule has 4 rings (SSSR count). The summed E-state index contributed by atoms with van der Waals surface area (Å²) in [4.78, 5) is 20.2. The second-order valence-electron chi connectivity index (χ2n) is 5.57. The largest absolute Gasteiger partial charge is 0.364 e. The molecule has 5 heteroatoms. The third-order valence-electron chi connectivity index (χ3n) is 4.02. The molecule has 3 aromatic rings. The molecule has 1 aliphatic rings. The van der Waals surface area contributed by atoms with Crippen LogP contribution in [0, 0.1) is 6.92 Å². The molecular formula is C17H16N4O. The number of fused-ring (bicyclic) bond motifs is 3. The summed E-state index contributed by atoms with van der Waals surface area (Å²) in [6.07, 6.45) is 6.39. The van der Waals surface area contributed by atoms with Gasteiger partial charge in [-0.1, -0.05) is 12.1 Å². The molecule has 0 radical (unpaired) electrons. The molecule has 3 heterocycles. The number of rotatable bonds is 2. The van der Waals surface area contributed by atoms with E-state index in [0.29, 0.717) is 5.56 Å². The maximum atomic E-state index is 12.6. The van der Waals surface area contributed by atoms with Crippen LogP contribution in [-0.4, -0.2) is 20.4 Å². The van der Waals surface area contributed by atoms with Gasteiger partial charge in [0.05, 0.1) is 11.1 Å². The number of anilines is 1. The zero-order valence-electron chi connectivity index (χ0n) is 12.3. The molecule has 110 valence electrons. The van der Waals surface area contributed by atoms with Crippen LogP contribution in [0.2, 0.25) is 0 Å². The summed E-state index contributed by atoms with van der Waals surface area (Å²) in [6, 6.07) is 7.79. The summed E-state index contributed by atoms with van der Waals surface area (Å²) < 4.78 is 2.08. The number of nitrogens with zero attached hydrogens (tertiary/aromatic N) is 2. The summed E-state index contributed by atoms with van der Waals surface area (Å²) in [5.41, 5.74) is 4.56. The summed E-state index contributed by atoms with van der Waals surface area (Å²) in [7, 11) is 0. The monoisotopic (exact) mass is 292 g/mol. The third kappa shape index (κ3) is 2.02. The number of aromatic amines is 1. The zero-order chi connectivity index (χ0) is 15.1.